The Morgan fingerprint density at radius 2 is 1.55 bits per heavy atom. The number of carbonyl (C=O) groups excluding carboxylic acids is 2. The largest absolute Gasteiger partial charge is 0.537 e. The summed E-state index contributed by atoms with van der Waals surface area (Å²) in [7, 11) is -2.93. The number of hydrogen-bond donors (Lipinski definition) is 0. The fourth-order valence-corrected chi connectivity index (χ4v) is 11.3. The minimum atomic E-state index is -2.93. The van der Waals surface area contributed by atoms with Gasteiger partial charge in [0.1, 0.15) is 11.4 Å². The monoisotopic (exact) mass is 586 g/mol. The molecular weight excluding hydrogens is 540 g/mol. The van der Waals surface area contributed by atoms with Gasteiger partial charge in [-0.15, -0.1) is 0 Å². The lowest BCUT2D eigenvalue weighted by molar-refractivity contribution is -0.128. The maximum absolute atomic E-state index is 13.7. The SMILES string of the molecule is [C-]#[N+]C1(CC2C(=O)CC=C(O[Si](c3ccccc3)(c3ccccc3)C(C)(C)C)C2(C)C)CCCN1C(=O)OC(C)(C)C. The summed E-state index contributed by atoms with van der Waals surface area (Å²) in [5.74, 6) is 0.380. The maximum Gasteiger partial charge on any atom is 0.416 e. The van der Waals surface area contributed by atoms with Gasteiger partial charge in [0.05, 0.1) is 12.2 Å². The smallest absolute Gasteiger partial charge is 0.416 e. The normalized spacial score (nSPS) is 22.7. The van der Waals surface area contributed by atoms with Crippen LogP contribution in [-0.2, 0) is 14.0 Å². The molecule has 2 aromatic carbocycles. The molecule has 1 amide bonds. The topological polar surface area (TPSA) is 60.2 Å². The fourth-order valence-electron chi connectivity index (χ4n) is 6.67. The quantitative estimate of drug-likeness (QED) is 0.268. The molecule has 0 aromatic heterocycles. The highest BCUT2D eigenvalue weighted by atomic mass is 28.4. The maximum atomic E-state index is 13.7. The summed E-state index contributed by atoms with van der Waals surface area (Å²) >= 11 is 0. The second-order valence-corrected chi connectivity index (χ2v) is 18.5. The van der Waals surface area contributed by atoms with Crippen LogP contribution < -0.4 is 10.4 Å². The molecule has 0 spiro atoms. The molecule has 2 aliphatic rings. The number of allylic oxidation sites excluding steroid dienone is 2. The number of nitrogens with zero attached hydrogens (tertiary/aromatic N) is 2. The van der Waals surface area contributed by atoms with Crippen molar-refractivity contribution < 1.29 is 18.8 Å². The summed E-state index contributed by atoms with van der Waals surface area (Å²) in [5, 5.41) is 2.09. The molecule has 0 saturated carbocycles. The zero-order valence-corrected chi connectivity index (χ0v) is 27.5. The van der Waals surface area contributed by atoms with E-state index in [9.17, 15) is 9.59 Å². The molecule has 1 aliphatic heterocycles. The van der Waals surface area contributed by atoms with Gasteiger partial charge in [-0.2, -0.15) is 0 Å². The minimum absolute atomic E-state index is 0.0776. The van der Waals surface area contributed by atoms with Gasteiger partial charge in [0.25, 0.3) is 0 Å². The van der Waals surface area contributed by atoms with E-state index in [-0.39, 0.29) is 23.7 Å². The molecule has 0 radical (unpaired) electrons. The molecule has 0 N–H and O–H groups in total. The molecule has 1 fully saturated rings. The van der Waals surface area contributed by atoms with Crippen molar-refractivity contribution in [2.75, 3.05) is 6.54 Å². The van der Waals surface area contributed by atoms with Gasteiger partial charge in [-0.1, -0.05) is 95.3 Å². The Morgan fingerprint density at radius 1 is 1.00 bits per heavy atom. The predicted molar refractivity (Wildman–Crippen MR) is 170 cm³/mol. The molecule has 42 heavy (non-hydrogen) atoms. The third kappa shape index (κ3) is 5.79. The first-order valence-electron chi connectivity index (χ1n) is 15.0. The zero-order valence-electron chi connectivity index (χ0n) is 26.5. The molecule has 0 bridgehead atoms. The third-order valence-corrected chi connectivity index (χ3v) is 13.8. The molecular formula is C35H46N2O4Si. The Hall–Kier alpha value is -3.37. The van der Waals surface area contributed by atoms with Gasteiger partial charge in [-0.3, -0.25) is 9.64 Å². The number of likely N-dealkylation sites (tertiary alicyclic amines) is 1. The highest BCUT2D eigenvalue weighted by Gasteiger charge is 2.59. The van der Waals surface area contributed by atoms with Crippen LogP contribution in [0, 0.1) is 17.9 Å². The van der Waals surface area contributed by atoms with E-state index < -0.39 is 37.0 Å². The second-order valence-electron chi connectivity index (χ2n) is 14.3. The Morgan fingerprint density at radius 3 is 2.02 bits per heavy atom. The molecule has 7 heteroatoms. The van der Waals surface area contributed by atoms with Gasteiger partial charge >= 0.3 is 20.1 Å². The van der Waals surface area contributed by atoms with Crippen LogP contribution in [0.2, 0.25) is 5.04 Å². The molecule has 2 unspecified atom stereocenters. The van der Waals surface area contributed by atoms with E-state index in [1.165, 1.54) is 10.4 Å². The average molecular weight is 587 g/mol. The van der Waals surface area contributed by atoms with E-state index in [0.29, 0.717) is 19.4 Å². The summed E-state index contributed by atoms with van der Waals surface area (Å²) in [5.41, 5.74) is -2.49. The first-order valence-corrected chi connectivity index (χ1v) is 16.9. The number of ketones is 1. The molecule has 224 valence electrons. The van der Waals surface area contributed by atoms with Crippen LogP contribution in [0.25, 0.3) is 4.85 Å². The molecule has 4 rings (SSSR count). The van der Waals surface area contributed by atoms with Crippen molar-refractivity contribution in [2.45, 2.75) is 97.4 Å². The van der Waals surface area contributed by atoms with Crippen molar-refractivity contribution in [1.29, 1.82) is 0 Å². The molecule has 1 aliphatic carbocycles. The Bertz CT molecular complexity index is 1330. The zero-order chi connectivity index (χ0) is 31.0. The van der Waals surface area contributed by atoms with E-state index in [4.69, 9.17) is 15.7 Å². The van der Waals surface area contributed by atoms with Gasteiger partial charge in [0.15, 0.2) is 0 Å². The summed E-state index contributed by atoms with van der Waals surface area (Å²) in [4.78, 5) is 32.5. The fraction of sp³-hybridized carbons (Fsp3) is 0.514. The van der Waals surface area contributed by atoms with E-state index in [0.717, 1.165) is 5.76 Å². The lowest BCUT2D eigenvalue weighted by Gasteiger charge is -2.48. The first-order chi connectivity index (χ1) is 19.6. The number of carbonyl (C=O) groups is 2. The Kier molecular flexibility index (Phi) is 8.54. The first kappa shape index (κ1) is 31.6. The van der Waals surface area contributed by atoms with Crippen LogP contribution in [0.5, 0.6) is 0 Å². The van der Waals surface area contributed by atoms with Crippen LogP contribution in [-0.4, -0.2) is 42.9 Å². The summed E-state index contributed by atoms with van der Waals surface area (Å²) < 4.78 is 13.1. The van der Waals surface area contributed by atoms with Crippen molar-refractivity contribution in [1.82, 2.24) is 4.90 Å². The number of Topliss-reactive ketones (excluding diaryl/α,β-unsaturated/α-hetero) is 1. The number of benzene rings is 2. The average Bonchev–Trinajstić information content (AvgIpc) is 3.34. The summed E-state index contributed by atoms with van der Waals surface area (Å²) in [6.45, 7) is 25.0. The van der Waals surface area contributed by atoms with Crippen LogP contribution in [0.3, 0.4) is 0 Å². The van der Waals surface area contributed by atoms with Crippen molar-refractivity contribution >= 4 is 30.6 Å². The van der Waals surface area contributed by atoms with E-state index >= 15 is 0 Å². The Labute approximate surface area is 253 Å². The van der Waals surface area contributed by atoms with Gasteiger partial charge < -0.3 is 9.16 Å². The lowest BCUT2D eigenvalue weighted by Crippen LogP contribution is -2.67. The van der Waals surface area contributed by atoms with Gasteiger partial charge in [-0.25, -0.2) is 16.3 Å². The number of ether oxygens (including phenoxy) is 1. The van der Waals surface area contributed by atoms with Crippen LogP contribution in [0.4, 0.5) is 4.79 Å². The molecule has 1 heterocycles. The van der Waals surface area contributed by atoms with E-state index in [2.05, 4.69) is 88.0 Å². The van der Waals surface area contributed by atoms with Crippen molar-refractivity contribution in [3.05, 3.63) is 83.9 Å². The van der Waals surface area contributed by atoms with Gasteiger partial charge in [0.2, 0.25) is 0 Å². The standard InChI is InChI=1S/C35H46N2O4Si/c1-32(2,3)40-31(39)37-24-16-23-35(37,36-9)25-28-29(38)21-22-30(34(28,7)8)41-42(33(4,5)6,26-17-12-10-13-18-26)27-19-14-11-15-20-27/h10-15,17-20,22,28H,16,21,23-25H2,1-8H3. The van der Waals surface area contributed by atoms with Crippen LogP contribution in [0.1, 0.15) is 81.1 Å². The van der Waals surface area contributed by atoms with Gasteiger partial charge in [-0.05, 0) is 48.7 Å². The number of amides is 1. The summed E-state index contributed by atoms with van der Waals surface area (Å²) in [6.07, 6.45) is 3.18. The minimum Gasteiger partial charge on any atom is -0.537 e. The third-order valence-electron chi connectivity index (χ3n) is 8.88. The molecule has 6 nitrogen and oxygen atoms in total. The molecule has 2 atom stereocenters. The molecule has 2 aromatic rings. The van der Waals surface area contributed by atoms with Crippen molar-refractivity contribution in [3.63, 3.8) is 0 Å². The number of hydrogen-bond acceptors (Lipinski definition) is 4. The second kappa shape index (κ2) is 11.4. The predicted octanol–water partition coefficient (Wildman–Crippen LogP) is 7.10. The van der Waals surface area contributed by atoms with Crippen LogP contribution >= 0.6 is 0 Å². The summed E-state index contributed by atoms with van der Waals surface area (Å²) in [6, 6.07) is 20.9. The van der Waals surface area contributed by atoms with Crippen LogP contribution in [0.15, 0.2) is 72.5 Å². The van der Waals surface area contributed by atoms with E-state index in [1.807, 2.05) is 39.0 Å². The van der Waals surface area contributed by atoms with Crippen molar-refractivity contribution in [3.8, 4) is 0 Å². The Balaban J connectivity index is 1.76. The lowest BCUT2D eigenvalue weighted by atomic mass is 9.67. The molecule has 1 saturated heterocycles. The van der Waals surface area contributed by atoms with Crippen molar-refractivity contribution in [2.24, 2.45) is 11.3 Å². The van der Waals surface area contributed by atoms with Gasteiger partial charge in [0, 0.05) is 30.7 Å². The highest BCUT2D eigenvalue weighted by molar-refractivity contribution is 6.99. The highest BCUT2D eigenvalue weighted by Crippen LogP contribution is 2.50. The number of rotatable bonds is 6. The van der Waals surface area contributed by atoms with E-state index in [1.54, 1.807) is 4.90 Å².